The molecule has 3 heterocycles. The second kappa shape index (κ2) is 5.09. The number of Topliss-reactive ketones (excluding diaryl/α,β-unsaturated/α-hetero) is 1. The van der Waals surface area contributed by atoms with Crippen molar-refractivity contribution in [2.45, 2.75) is 32.6 Å². The van der Waals surface area contributed by atoms with Crippen LogP contribution < -0.4 is 0 Å². The van der Waals surface area contributed by atoms with Crippen LogP contribution in [0.5, 0.6) is 0 Å². The number of piperidine rings is 3. The van der Waals surface area contributed by atoms with Gasteiger partial charge in [-0.3, -0.25) is 4.79 Å². The fourth-order valence-electron chi connectivity index (χ4n) is 3.51. The molecule has 2 bridgehead atoms. The zero-order chi connectivity index (χ0) is 13.4. The lowest BCUT2D eigenvalue weighted by Crippen LogP contribution is -2.50. The molecule has 0 aliphatic carbocycles. The first-order chi connectivity index (χ1) is 9.15. The van der Waals surface area contributed by atoms with Crippen LogP contribution in [0.4, 0.5) is 0 Å². The first-order valence-corrected chi connectivity index (χ1v) is 7.51. The number of benzene rings is 1. The molecule has 1 aromatic carbocycles. The van der Waals surface area contributed by atoms with Gasteiger partial charge in [0.1, 0.15) is 0 Å². The molecule has 3 aliphatic rings. The van der Waals surface area contributed by atoms with Crippen LogP contribution >= 0.6 is 0 Å². The molecule has 1 atom stereocenters. The quantitative estimate of drug-likeness (QED) is 0.774. The van der Waals surface area contributed by atoms with Gasteiger partial charge in [-0.1, -0.05) is 38.1 Å². The Morgan fingerprint density at radius 2 is 1.79 bits per heavy atom. The average molecular weight is 257 g/mol. The molecular weight excluding hydrogens is 234 g/mol. The van der Waals surface area contributed by atoms with E-state index >= 15 is 0 Å². The van der Waals surface area contributed by atoms with Gasteiger partial charge in [-0.2, -0.15) is 0 Å². The van der Waals surface area contributed by atoms with Crippen LogP contribution in [-0.2, 0) is 0 Å². The summed E-state index contributed by atoms with van der Waals surface area (Å²) < 4.78 is 0. The Bertz CT molecular complexity index is 455. The van der Waals surface area contributed by atoms with Crippen LogP contribution in [0.15, 0.2) is 24.3 Å². The molecule has 3 aliphatic heterocycles. The first kappa shape index (κ1) is 12.9. The number of rotatable bonds is 3. The number of carbonyl (C=O) groups is 1. The van der Waals surface area contributed by atoms with E-state index in [1.165, 1.54) is 31.5 Å². The van der Waals surface area contributed by atoms with E-state index in [0.717, 1.165) is 12.1 Å². The minimum atomic E-state index is 0.243. The highest BCUT2D eigenvalue weighted by Gasteiger charge is 2.38. The molecule has 2 nitrogen and oxygen atoms in total. The molecule has 102 valence electrons. The van der Waals surface area contributed by atoms with E-state index in [-0.39, 0.29) is 5.92 Å². The van der Waals surface area contributed by atoms with Gasteiger partial charge in [-0.25, -0.2) is 0 Å². The van der Waals surface area contributed by atoms with E-state index in [1.807, 2.05) is 12.1 Å². The smallest absolute Gasteiger partial charge is 0.167 e. The third-order valence-electron chi connectivity index (χ3n) is 4.85. The fraction of sp³-hybridized carbons (Fsp3) is 0.588. The molecule has 3 fully saturated rings. The van der Waals surface area contributed by atoms with E-state index < -0.39 is 0 Å². The van der Waals surface area contributed by atoms with E-state index in [9.17, 15) is 4.79 Å². The number of carbonyl (C=O) groups excluding carboxylic acids is 1. The minimum Gasteiger partial charge on any atom is -0.303 e. The zero-order valence-corrected chi connectivity index (χ0v) is 11.9. The van der Waals surface area contributed by atoms with Crippen molar-refractivity contribution in [1.82, 2.24) is 4.90 Å². The van der Waals surface area contributed by atoms with Gasteiger partial charge >= 0.3 is 0 Å². The monoisotopic (exact) mass is 257 g/mol. The van der Waals surface area contributed by atoms with Crippen LogP contribution in [0.2, 0.25) is 0 Å². The predicted octanol–water partition coefficient (Wildman–Crippen LogP) is 3.33. The molecule has 19 heavy (non-hydrogen) atoms. The van der Waals surface area contributed by atoms with Gasteiger partial charge in [0.2, 0.25) is 0 Å². The predicted molar refractivity (Wildman–Crippen MR) is 77.5 cm³/mol. The third-order valence-corrected chi connectivity index (χ3v) is 4.85. The van der Waals surface area contributed by atoms with Gasteiger partial charge in [0, 0.05) is 18.0 Å². The van der Waals surface area contributed by atoms with Crippen molar-refractivity contribution in [1.29, 1.82) is 0 Å². The molecule has 0 amide bonds. The average Bonchev–Trinajstić information content (AvgIpc) is 2.47. The molecule has 0 aromatic heterocycles. The van der Waals surface area contributed by atoms with Gasteiger partial charge in [-0.05, 0) is 43.3 Å². The van der Waals surface area contributed by atoms with Gasteiger partial charge in [0.05, 0.1) is 0 Å². The maximum Gasteiger partial charge on any atom is 0.167 e. The van der Waals surface area contributed by atoms with Gasteiger partial charge in [0.15, 0.2) is 5.78 Å². The van der Waals surface area contributed by atoms with E-state index in [2.05, 4.69) is 30.9 Å². The number of nitrogens with zero attached hydrogens (tertiary/aromatic N) is 1. The summed E-state index contributed by atoms with van der Waals surface area (Å²) in [4.78, 5) is 15.1. The normalized spacial score (nSPS) is 29.7. The molecular formula is C17H23NO. The van der Waals surface area contributed by atoms with E-state index in [1.54, 1.807) is 0 Å². The summed E-state index contributed by atoms with van der Waals surface area (Å²) in [5.41, 5.74) is 2.22. The van der Waals surface area contributed by atoms with Crippen LogP contribution in [-0.4, -0.2) is 30.3 Å². The molecule has 2 heteroatoms. The first-order valence-electron chi connectivity index (χ1n) is 7.51. The lowest BCUT2D eigenvalue weighted by molar-refractivity contribution is 0.0419. The van der Waals surface area contributed by atoms with E-state index in [4.69, 9.17) is 0 Å². The van der Waals surface area contributed by atoms with Crippen molar-refractivity contribution in [3.63, 3.8) is 0 Å². The molecule has 0 spiro atoms. The Balaban J connectivity index is 1.76. The van der Waals surface area contributed by atoms with Gasteiger partial charge in [-0.15, -0.1) is 0 Å². The van der Waals surface area contributed by atoms with Crippen molar-refractivity contribution >= 4 is 5.78 Å². The highest BCUT2D eigenvalue weighted by atomic mass is 16.1. The highest BCUT2D eigenvalue weighted by Crippen LogP contribution is 2.34. The number of ketones is 1. The van der Waals surface area contributed by atoms with Crippen LogP contribution in [0.3, 0.4) is 0 Å². The highest BCUT2D eigenvalue weighted by molar-refractivity contribution is 5.98. The molecule has 0 radical (unpaired) electrons. The molecule has 0 N–H and O–H groups in total. The fourth-order valence-corrected chi connectivity index (χ4v) is 3.51. The second-order valence-corrected chi connectivity index (χ2v) is 6.39. The largest absolute Gasteiger partial charge is 0.303 e. The zero-order valence-electron chi connectivity index (χ0n) is 11.9. The molecule has 0 unspecified atom stereocenters. The molecule has 3 saturated heterocycles. The summed E-state index contributed by atoms with van der Waals surface area (Å²) in [6, 6.07) is 8.27. The summed E-state index contributed by atoms with van der Waals surface area (Å²) in [5, 5.41) is 0. The van der Waals surface area contributed by atoms with Crippen molar-refractivity contribution in [3.8, 4) is 0 Å². The summed E-state index contributed by atoms with van der Waals surface area (Å²) in [5.74, 6) is 1.76. The maximum atomic E-state index is 12.6. The summed E-state index contributed by atoms with van der Waals surface area (Å²) >= 11 is 0. The number of hydrogen-bond donors (Lipinski definition) is 0. The Morgan fingerprint density at radius 3 is 2.26 bits per heavy atom. The summed E-state index contributed by atoms with van der Waals surface area (Å²) in [6.07, 6.45) is 2.42. The van der Waals surface area contributed by atoms with Crippen molar-refractivity contribution in [2.24, 2.45) is 11.8 Å². The van der Waals surface area contributed by atoms with E-state index in [0.29, 0.717) is 17.6 Å². The maximum absolute atomic E-state index is 12.6. The molecule has 4 rings (SSSR count). The number of hydrogen-bond acceptors (Lipinski definition) is 2. The van der Waals surface area contributed by atoms with Crippen molar-refractivity contribution in [3.05, 3.63) is 35.4 Å². The topological polar surface area (TPSA) is 20.3 Å². The van der Waals surface area contributed by atoms with Gasteiger partial charge < -0.3 is 4.90 Å². The minimum absolute atomic E-state index is 0.243. The van der Waals surface area contributed by atoms with Gasteiger partial charge in [0.25, 0.3) is 0 Å². The van der Waals surface area contributed by atoms with Crippen molar-refractivity contribution < 1.29 is 4.79 Å². The summed E-state index contributed by atoms with van der Waals surface area (Å²) in [6.45, 7) is 7.74. The Morgan fingerprint density at radius 1 is 1.16 bits per heavy atom. The summed E-state index contributed by atoms with van der Waals surface area (Å²) in [7, 11) is 0. The lowest BCUT2D eigenvalue weighted by atomic mass is 9.75. The van der Waals surface area contributed by atoms with Crippen LogP contribution in [0.25, 0.3) is 0 Å². The van der Waals surface area contributed by atoms with Crippen LogP contribution in [0.1, 0.15) is 48.5 Å². The Labute approximate surface area is 115 Å². The SMILES string of the molecule is CC(C)c1ccc(C(=O)[C@H]2CN3CCC2CC3)cc1. The Kier molecular flexibility index (Phi) is 3.44. The molecule has 1 aromatic rings. The number of fused-ring (bicyclic) bond motifs is 3. The van der Waals surface area contributed by atoms with Crippen LogP contribution in [0, 0.1) is 11.8 Å². The third kappa shape index (κ3) is 2.46. The standard InChI is InChI=1S/C17H23NO/c1-12(2)13-3-5-15(6-4-13)17(19)16-11-18-9-7-14(16)8-10-18/h3-6,12,14,16H,7-11H2,1-2H3/t16-/m0/s1. The second-order valence-electron chi connectivity index (χ2n) is 6.39. The van der Waals surface area contributed by atoms with Crippen molar-refractivity contribution in [2.75, 3.05) is 19.6 Å². The lowest BCUT2D eigenvalue weighted by Gasteiger charge is -2.44. The Hall–Kier alpha value is -1.15. The molecule has 0 saturated carbocycles.